The van der Waals surface area contributed by atoms with Crippen LogP contribution in [0, 0.1) is 11.3 Å². The van der Waals surface area contributed by atoms with E-state index in [0.717, 1.165) is 13.1 Å². The minimum Gasteiger partial charge on any atom is -0.298 e. The summed E-state index contributed by atoms with van der Waals surface area (Å²) < 4.78 is 0. The van der Waals surface area contributed by atoms with Crippen molar-refractivity contribution >= 4 is 0 Å². The molecule has 0 aromatic heterocycles. The van der Waals surface area contributed by atoms with E-state index in [9.17, 15) is 0 Å². The Hall–Kier alpha value is -0.590. The number of piperazine rings is 1. The van der Waals surface area contributed by atoms with Crippen LogP contribution in [-0.4, -0.2) is 48.1 Å². The Morgan fingerprint density at radius 3 is 2.15 bits per heavy atom. The number of nitriles is 1. The summed E-state index contributed by atoms with van der Waals surface area (Å²) in [6.07, 6.45) is 0. The molecule has 13 heavy (non-hydrogen) atoms. The predicted molar refractivity (Wildman–Crippen MR) is 53.3 cm³/mol. The van der Waals surface area contributed by atoms with Gasteiger partial charge in [0.15, 0.2) is 0 Å². The molecule has 3 nitrogen and oxygen atoms in total. The van der Waals surface area contributed by atoms with E-state index in [1.54, 1.807) is 0 Å². The summed E-state index contributed by atoms with van der Waals surface area (Å²) in [4.78, 5) is 4.63. The molecule has 74 valence electrons. The third kappa shape index (κ3) is 2.20. The average molecular weight is 181 g/mol. The van der Waals surface area contributed by atoms with Crippen molar-refractivity contribution in [3.05, 3.63) is 0 Å². The average Bonchev–Trinajstić information content (AvgIpc) is 2.12. The van der Waals surface area contributed by atoms with Gasteiger partial charge in [0.1, 0.15) is 0 Å². The first kappa shape index (κ1) is 10.5. The first-order valence-electron chi connectivity index (χ1n) is 4.92. The molecule has 0 aromatic carbocycles. The zero-order chi connectivity index (χ0) is 10.0. The highest BCUT2D eigenvalue weighted by Crippen LogP contribution is 2.15. The van der Waals surface area contributed by atoms with E-state index >= 15 is 0 Å². The molecule has 0 aliphatic carbocycles. The second kappa shape index (κ2) is 4.08. The molecular formula is C10H19N3. The highest BCUT2D eigenvalue weighted by molar-refractivity contribution is 4.93. The Labute approximate surface area is 80.9 Å². The van der Waals surface area contributed by atoms with E-state index < -0.39 is 0 Å². The molecule has 1 unspecified atom stereocenters. The number of likely N-dealkylation sites (N-methyl/N-ethyl adjacent to an activating group) is 1. The molecule has 3 heteroatoms. The molecule has 1 rings (SSSR count). The van der Waals surface area contributed by atoms with E-state index in [2.05, 4.69) is 36.8 Å². The van der Waals surface area contributed by atoms with Crippen LogP contribution in [0.3, 0.4) is 0 Å². The van der Waals surface area contributed by atoms with Crippen molar-refractivity contribution in [3.8, 4) is 6.07 Å². The molecule has 0 spiro atoms. The van der Waals surface area contributed by atoms with Crippen LogP contribution in [0.2, 0.25) is 0 Å². The Morgan fingerprint density at radius 2 is 1.77 bits per heavy atom. The smallest absolute Gasteiger partial charge is 0.0950 e. The van der Waals surface area contributed by atoms with Gasteiger partial charge in [-0.05, 0) is 27.8 Å². The fraction of sp³-hybridized carbons (Fsp3) is 0.900. The first-order valence-corrected chi connectivity index (χ1v) is 4.92. The van der Waals surface area contributed by atoms with Crippen LogP contribution < -0.4 is 0 Å². The van der Waals surface area contributed by atoms with E-state index in [0.29, 0.717) is 12.1 Å². The lowest BCUT2D eigenvalue weighted by molar-refractivity contribution is 0.0501. The maximum absolute atomic E-state index is 8.82. The molecule has 1 fully saturated rings. The summed E-state index contributed by atoms with van der Waals surface area (Å²) >= 11 is 0. The molecular weight excluding hydrogens is 162 g/mol. The molecule has 1 aliphatic heterocycles. The van der Waals surface area contributed by atoms with Crippen molar-refractivity contribution in [2.45, 2.75) is 38.9 Å². The minimum absolute atomic E-state index is 0.0543. The van der Waals surface area contributed by atoms with Crippen molar-refractivity contribution in [1.29, 1.82) is 5.26 Å². The van der Waals surface area contributed by atoms with Crippen molar-refractivity contribution in [2.24, 2.45) is 0 Å². The monoisotopic (exact) mass is 181 g/mol. The SMILES string of the molecule is CC(C#N)N1C[C@@H](C)N(C)[C@@H](C)C1. The van der Waals surface area contributed by atoms with Crippen molar-refractivity contribution in [3.63, 3.8) is 0 Å². The lowest BCUT2D eigenvalue weighted by Gasteiger charge is -2.43. The van der Waals surface area contributed by atoms with Gasteiger partial charge in [-0.3, -0.25) is 9.80 Å². The summed E-state index contributed by atoms with van der Waals surface area (Å²) in [7, 11) is 2.16. The molecule has 0 amide bonds. The van der Waals surface area contributed by atoms with Gasteiger partial charge in [0.2, 0.25) is 0 Å². The highest BCUT2D eigenvalue weighted by atomic mass is 15.3. The topological polar surface area (TPSA) is 30.3 Å². The zero-order valence-electron chi connectivity index (χ0n) is 8.99. The normalized spacial score (nSPS) is 34.1. The first-order chi connectivity index (χ1) is 6.06. The van der Waals surface area contributed by atoms with E-state index in [1.807, 2.05) is 6.92 Å². The molecule has 0 saturated carbocycles. The van der Waals surface area contributed by atoms with Crippen LogP contribution in [0.1, 0.15) is 20.8 Å². The Bertz CT molecular complexity index is 197. The fourth-order valence-electron chi connectivity index (χ4n) is 1.84. The van der Waals surface area contributed by atoms with Gasteiger partial charge in [-0.25, -0.2) is 0 Å². The van der Waals surface area contributed by atoms with E-state index in [-0.39, 0.29) is 6.04 Å². The van der Waals surface area contributed by atoms with Gasteiger partial charge >= 0.3 is 0 Å². The number of hydrogen-bond donors (Lipinski definition) is 0. The van der Waals surface area contributed by atoms with Crippen molar-refractivity contribution in [2.75, 3.05) is 20.1 Å². The van der Waals surface area contributed by atoms with Gasteiger partial charge in [-0.15, -0.1) is 0 Å². The number of hydrogen-bond acceptors (Lipinski definition) is 3. The summed E-state index contributed by atoms with van der Waals surface area (Å²) in [5.41, 5.74) is 0. The summed E-state index contributed by atoms with van der Waals surface area (Å²) in [5, 5.41) is 8.82. The standard InChI is InChI=1S/C10H19N3/c1-8(5-11)13-6-9(2)12(4)10(3)7-13/h8-10H,6-7H2,1-4H3/t8?,9-,10+. The van der Waals surface area contributed by atoms with Gasteiger partial charge in [-0.2, -0.15) is 5.26 Å². The second-order valence-corrected chi connectivity index (χ2v) is 4.12. The molecule has 3 atom stereocenters. The molecule has 1 saturated heterocycles. The van der Waals surface area contributed by atoms with Crippen LogP contribution in [0.5, 0.6) is 0 Å². The van der Waals surface area contributed by atoms with Gasteiger partial charge in [-0.1, -0.05) is 0 Å². The quantitative estimate of drug-likeness (QED) is 0.602. The van der Waals surface area contributed by atoms with Gasteiger partial charge in [0, 0.05) is 25.2 Å². The van der Waals surface area contributed by atoms with Crippen molar-refractivity contribution in [1.82, 2.24) is 9.80 Å². The second-order valence-electron chi connectivity index (χ2n) is 4.12. The van der Waals surface area contributed by atoms with Crippen LogP contribution in [0.15, 0.2) is 0 Å². The molecule has 1 aliphatic rings. The molecule has 1 heterocycles. The molecule has 0 bridgehead atoms. The molecule has 0 aromatic rings. The van der Waals surface area contributed by atoms with Crippen molar-refractivity contribution < 1.29 is 0 Å². The summed E-state index contributed by atoms with van der Waals surface area (Å²) in [6.45, 7) is 8.43. The lowest BCUT2D eigenvalue weighted by Crippen LogP contribution is -2.56. The van der Waals surface area contributed by atoms with Crippen LogP contribution in [-0.2, 0) is 0 Å². The highest BCUT2D eigenvalue weighted by Gasteiger charge is 2.28. The Kier molecular flexibility index (Phi) is 3.29. The Morgan fingerprint density at radius 1 is 1.31 bits per heavy atom. The third-order valence-corrected chi connectivity index (χ3v) is 3.12. The Balaban J connectivity index is 2.59. The van der Waals surface area contributed by atoms with Gasteiger partial charge < -0.3 is 0 Å². The number of rotatable bonds is 1. The maximum atomic E-state index is 8.82. The number of nitrogens with zero attached hydrogens (tertiary/aromatic N) is 3. The summed E-state index contributed by atoms with van der Waals surface area (Å²) in [6, 6.07) is 3.46. The van der Waals surface area contributed by atoms with E-state index in [4.69, 9.17) is 5.26 Å². The van der Waals surface area contributed by atoms with Crippen LogP contribution in [0.4, 0.5) is 0 Å². The maximum Gasteiger partial charge on any atom is 0.0950 e. The predicted octanol–water partition coefficient (Wildman–Crippen LogP) is 0.923. The van der Waals surface area contributed by atoms with Gasteiger partial charge in [0.05, 0.1) is 12.1 Å². The lowest BCUT2D eigenvalue weighted by atomic mass is 10.1. The largest absolute Gasteiger partial charge is 0.298 e. The molecule has 0 radical (unpaired) electrons. The van der Waals surface area contributed by atoms with Gasteiger partial charge in [0.25, 0.3) is 0 Å². The summed E-state index contributed by atoms with van der Waals surface area (Å²) in [5.74, 6) is 0. The molecule has 0 N–H and O–H groups in total. The fourth-order valence-corrected chi connectivity index (χ4v) is 1.84. The zero-order valence-corrected chi connectivity index (χ0v) is 8.99. The minimum atomic E-state index is 0.0543. The third-order valence-electron chi connectivity index (χ3n) is 3.12. The van der Waals surface area contributed by atoms with Crippen LogP contribution in [0.25, 0.3) is 0 Å². The van der Waals surface area contributed by atoms with Crippen LogP contribution >= 0.6 is 0 Å². The van der Waals surface area contributed by atoms with E-state index in [1.165, 1.54) is 0 Å².